The highest BCUT2D eigenvalue weighted by Gasteiger charge is 2.50. The van der Waals surface area contributed by atoms with E-state index in [0.29, 0.717) is 31.7 Å². The van der Waals surface area contributed by atoms with E-state index in [-0.39, 0.29) is 36.3 Å². The van der Waals surface area contributed by atoms with Crippen LogP contribution in [0, 0.1) is 35.5 Å². The number of carbonyl (C=O) groups excluding carboxylic acids is 2. The highest BCUT2D eigenvalue weighted by Crippen LogP contribution is 2.43. The van der Waals surface area contributed by atoms with E-state index in [1.165, 1.54) is 19.3 Å². The maximum atomic E-state index is 13.6. The molecule has 48 heavy (non-hydrogen) atoms. The number of carbonyl (C=O) groups is 2. The molecule has 0 saturated carbocycles. The van der Waals surface area contributed by atoms with Gasteiger partial charge in [-0.2, -0.15) is 0 Å². The van der Waals surface area contributed by atoms with Crippen LogP contribution < -0.4 is 16.4 Å². The molecule has 1 amide bonds. The number of Topliss-reactive ketones (excluding diaryl/α,β-unsaturated/α-hetero) is 1. The van der Waals surface area contributed by atoms with E-state index in [0.717, 1.165) is 6.54 Å². The molecule has 4 rings (SSSR count). The van der Waals surface area contributed by atoms with Crippen LogP contribution in [0.1, 0.15) is 26.2 Å². The number of ether oxygens (including phenoxy) is 6. The zero-order valence-corrected chi connectivity index (χ0v) is 29.9. The van der Waals surface area contributed by atoms with Crippen LogP contribution in [0.3, 0.4) is 0 Å². The number of fused-ring (bicyclic) bond motifs is 2. The van der Waals surface area contributed by atoms with E-state index in [2.05, 4.69) is 34.3 Å². The summed E-state index contributed by atoms with van der Waals surface area (Å²) >= 11 is 0. The minimum atomic E-state index is -1.79. The molecule has 2 fully saturated rings. The van der Waals surface area contributed by atoms with Crippen molar-refractivity contribution < 1.29 is 48.2 Å². The van der Waals surface area contributed by atoms with Crippen LogP contribution in [0.15, 0.2) is 23.4 Å². The van der Waals surface area contributed by atoms with Crippen molar-refractivity contribution in [3.8, 4) is 23.7 Å². The lowest BCUT2D eigenvalue weighted by molar-refractivity contribution is -0.314. The lowest BCUT2D eigenvalue weighted by Gasteiger charge is -2.44. The smallest absolute Gasteiger partial charge is 0.411 e. The Labute approximate surface area is 293 Å². The fourth-order valence-corrected chi connectivity index (χ4v) is 8.81. The third kappa shape index (κ3) is 9.93. The molecular formula is C32H45N3O10S3. The van der Waals surface area contributed by atoms with Crippen LogP contribution >= 0.6 is 31.4 Å². The summed E-state index contributed by atoms with van der Waals surface area (Å²) in [5.41, 5.74) is 4.54. The molecule has 2 heterocycles. The molecule has 0 spiro atoms. The molecule has 13 nitrogen and oxygen atoms in total. The summed E-state index contributed by atoms with van der Waals surface area (Å²) in [4.78, 5) is 26.1. The second kappa shape index (κ2) is 19.0. The fourth-order valence-electron chi connectivity index (χ4n) is 6.06. The van der Waals surface area contributed by atoms with Crippen LogP contribution in [0.25, 0.3) is 0 Å². The van der Waals surface area contributed by atoms with E-state index in [1.54, 1.807) is 38.5 Å². The van der Waals surface area contributed by atoms with Crippen LogP contribution in [-0.4, -0.2) is 123 Å². The van der Waals surface area contributed by atoms with Crippen LogP contribution in [-0.2, 0) is 33.2 Å². The third-order valence-electron chi connectivity index (χ3n) is 8.49. The maximum Gasteiger partial charge on any atom is 0.411 e. The first-order valence-corrected chi connectivity index (χ1v) is 19.8. The number of hydrogen-bond acceptors (Lipinski definition) is 15. The molecule has 16 heteroatoms. The topological polar surface area (TPSA) is 180 Å². The molecule has 0 radical (unpaired) electrons. The third-order valence-corrected chi connectivity index (χ3v) is 12.4. The van der Waals surface area contributed by atoms with E-state index < -0.39 is 60.3 Å². The number of alkyl carbamates (subject to hydrolysis) is 1. The fraction of sp³-hybridized carbons (Fsp3) is 0.688. The molecule has 6 N–H and O–H groups in total. The molecule has 2 aliphatic heterocycles. The van der Waals surface area contributed by atoms with Crippen LogP contribution in [0.5, 0.6) is 0 Å². The Morgan fingerprint density at radius 2 is 2.00 bits per heavy atom. The van der Waals surface area contributed by atoms with E-state index in [4.69, 9.17) is 34.2 Å². The van der Waals surface area contributed by atoms with Gasteiger partial charge in [-0.15, -0.1) is 0 Å². The van der Waals surface area contributed by atoms with E-state index in [1.807, 2.05) is 13.2 Å². The number of methoxy groups -OCH3 is 2. The summed E-state index contributed by atoms with van der Waals surface area (Å²) in [6.45, 7) is 3.86. The standard InChI is InChI=1S/C32H45N3O10S3/c1-5-34-16-19-17-42-25(14-24(19)40-2)45-29-28(37)21(33)18-43-30(29)44-23-10-8-6-7-9-12-32(39)15-22(36)27(35-31(38)41-3)26(23)20(32)11-13-47-48-46-4/h6-7,19-21,23-25,28-30,34,37,39H,5,11,13-18,33H2,1-4H3,(H,35,38)/b7-6-/t19-,20?,21+,23-,24-,25-,28-,29+,30-,32-/m0/s1. The first-order chi connectivity index (χ1) is 23.1. The molecular weight excluding hydrogens is 683 g/mol. The lowest BCUT2D eigenvalue weighted by atomic mass is 9.70. The van der Waals surface area contributed by atoms with Gasteiger partial charge in [-0.25, -0.2) is 4.79 Å². The number of rotatable bonds is 14. The van der Waals surface area contributed by atoms with Crippen molar-refractivity contribution in [2.24, 2.45) is 17.6 Å². The summed E-state index contributed by atoms with van der Waals surface area (Å²) in [5.74, 6) is 10.9. The van der Waals surface area contributed by atoms with Crippen LogP contribution in [0.2, 0.25) is 0 Å². The minimum Gasteiger partial charge on any atom is -0.453 e. The quantitative estimate of drug-likeness (QED) is 0.0983. The van der Waals surface area contributed by atoms with Crippen molar-refractivity contribution in [2.75, 3.05) is 52.5 Å². The average molecular weight is 728 g/mol. The minimum absolute atomic E-state index is 0.0602. The maximum absolute atomic E-state index is 13.6. The summed E-state index contributed by atoms with van der Waals surface area (Å²) in [6, 6.07) is -0.790. The first kappa shape index (κ1) is 39.0. The summed E-state index contributed by atoms with van der Waals surface area (Å²) in [5, 5.41) is 29.1. The number of aliphatic hydroxyl groups excluding tert-OH is 1. The SMILES string of the molecule is CCNC[C@H]1CO[C@@H](O[C@H]2[C@H](O[C@H]3C#C/C=C\C#C[C@]4(O)CC(=O)C(NC(=O)OC)=C3C4CCSSSC)OC[C@@H](N)[C@@H]2O)C[C@@H]1OC. The van der Waals surface area contributed by atoms with Crippen molar-refractivity contribution in [3.05, 3.63) is 23.4 Å². The highest BCUT2D eigenvalue weighted by atomic mass is 33.5. The van der Waals surface area contributed by atoms with Gasteiger partial charge < -0.3 is 49.7 Å². The molecule has 266 valence electrons. The Bertz CT molecular complexity index is 1310. The Balaban J connectivity index is 1.70. The zero-order chi connectivity index (χ0) is 34.7. The van der Waals surface area contributed by atoms with Gasteiger partial charge >= 0.3 is 6.09 Å². The van der Waals surface area contributed by atoms with E-state index >= 15 is 0 Å². The molecule has 2 bridgehead atoms. The van der Waals surface area contributed by atoms with Crippen molar-refractivity contribution >= 4 is 43.3 Å². The van der Waals surface area contributed by atoms with Gasteiger partial charge in [0, 0.05) is 43.2 Å². The van der Waals surface area contributed by atoms with Gasteiger partial charge in [0.1, 0.15) is 23.9 Å². The average Bonchev–Trinajstić information content (AvgIpc) is 3.07. The van der Waals surface area contributed by atoms with Crippen LogP contribution in [0.4, 0.5) is 4.79 Å². The van der Waals surface area contributed by atoms with Crippen molar-refractivity contribution in [2.45, 2.75) is 74.8 Å². The Morgan fingerprint density at radius 1 is 1.21 bits per heavy atom. The van der Waals surface area contributed by atoms with Gasteiger partial charge in [-0.05, 0) is 41.2 Å². The van der Waals surface area contributed by atoms with Gasteiger partial charge in [0.15, 0.2) is 18.4 Å². The highest BCUT2D eigenvalue weighted by molar-refractivity contribution is 9.09. The first-order valence-electron chi connectivity index (χ1n) is 15.7. The number of ketones is 1. The molecule has 4 aliphatic rings. The second-order valence-corrected chi connectivity index (χ2v) is 16.0. The molecule has 1 unspecified atom stereocenters. The Kier molecular flexibility index (Phi) is 15.5. The Hall–Kier alpha value is -1.77. The Morgan fingerprint density at radius 3 is 2.73 bits per heavy atom. The summed E-state index contributed by atoms with van der Waals surface area (Å²) in [6.07, 6.45) is -1.28. The molecule has 0 aromatic heterocycles. The number of aliphatic hydroxyl groups is 2. The largest absolute Gasteiger partial charge is 0.453 e. The predicted molar refractivity (Wildman–Crippen MR) is 184 cm³/mol. The van der Waals surface area contributed by atoms with Crippen molar-refractivity contribution in [1.82, 2.24) is 10.6 Å². The normalized spacial score (nSPS) is 35.5. The van der Waals surface area contributed by atoms with E-state index in [9.17, 15) is 19.8 Å². The number of amides is 1. The summed E-state index contributed by atoms with van der Waals surface area (Å²) < 4.78 is 35.4. The van der Waals surface area contributed by atoms with Crippen molar-refractivity contribution in [1.29, 1.82) is 0 Å². The van der Waals surface area contributed by atoms with Gasteiger partial charge in [-0.1, -0.05) is 52.2 Å². The van der Waals surface area contributed by atoms with Gasteiger partial charge in [0.2, 0.25) is 0 Å². The summed E-state index contributed by atoms with van der Waals surface area (Å²) in [7, 11) is 7.57. The number of allylic oxidation sites excluding steroid dienone is 3. The van der Waals surface area contributed by atoms with Gasteiger partial charge in [0.05, 0.1) is 44.6 Å². The lowest BCUT2D eigenvalue weighted by Crippen LogP contribution is -2.60. The predicted octanol–water partition coefficient (Wildman–Crippen LogP) is 1.34. The molecule has 2 saturated heterocycles. The molecule has 0 aromatic rings. The monoisotopic (exact) mass is 727 g/mol. The van der Waals surface area contributed by atoms with Crippen molar-refractivity contribution in [3.63, 3.8) is 0 Å². The van der Waals surface area contributed by atoms with Gasteiger partial charge in [0.25, 0.3) is 0 Å². The number of hydrogen-bond donors (Lipinski definition) is 5. The molecule has 0 aromatic carbocycles. The van der Waals surface area contributed by atoms with Gasteiger partial charge in [-0.3, -0.25) is 10.1 Å². The zero-order valence-electron chi connectivity index (χ0n) is 27.5. The number of nitrogens with one attached hydrogen (secondary N) is 2. The molecule has 2 aliphatic carbocycles. The second-order valence-electron chi connectivity index (χ2n) is 11.6. The number of nitrogens with two attached hydrogens (primary N) is 1. The molecule has 10 atom stereocenters.